The van der Waals surface area contributed by atoms with Gasteiger partial charge >= 0.3 is 5.97 Å². The second kappa shape index (κ2) is 4.24. The Hall–Kier alpha value is -0.610. The molecule has 2 atom stereocenters. The first kappa shape index (κ1) is 9.39. The summed E-state index contributed by atoms with van der Waals surface area (Å²) in [4.78, 5) is 10.1. The molecule has 0 aromatic heterocycles. The lowest BCUT2D eigenvalue weighted by Crippen LogP contribution is -2.41. The van der Waals surface area contributed by atoms with Crippen molar-refractivity contribution in [1.29, 1.82) is 0 Å². The van der Waals surface area contributed by atoms with E-state index in [1.54, 1.807) is 0 Å². The summed E-state index contributed by atoms with van der Waals surface area (Å²) in [5, 5.41) is 17.3. The predicted octanol–water partition coefficient (Wildman–Crippen LogP) is -0.441. The molecular formula is C6H13NO3. The molecule has 0 amide bonds. The van der Waals surface area contributed by atoms with E-state index in [4.69, 9.17) is 15.9 Å². The molecule has 0 fully saturated rings. The summed E-state index contributed by atoms with van der Waals surface area (Å²) in [5.41, 5.74) is 5.10. The number of carboxylic acids is 1. The van der Waals surface area contributed by atoms with Gasteiger partial charge in [-0.05, 0) is 6.42 Å². The Balaban J connectivity index is 3.69. The maximum absolute atomic E-state index is 10.1. The van der Waals surface area contributed by atoms with Crippen LogP contribution in [0.2, 0.25) is 0 Å². The molecule has 0 unspecified atom stereocenters. The first-order valence-electron chi connectivity index (χ1n) is 3.26. The summed E-state index contributed by atoms with van der Waals surface area (Å²) < 4.78 is 0. The van der Waals surface area contributed by atoms with Crippen LogP contribution in [0.1, 0.15) is 19.8 Å². The van der Waals surface area contributed by atoms with E-state index in [2.05, 4.69) is 0 Å². The fraction of sp³-hybridized carbons (Fsp3) is 0.833. The van der Waals surface area contributed by atoms with Gasteiger partial charge in [0.2, 0.25) is 0 Å². The molecular weight excluding hydrogens is 134 g/mol. The zero-order valence-electron chi connectivity index (χ0n) is 5.95. The number of aliphatic carboxylic acids is 1. The van der Waals surface area contributed by atoms with Crippen molar-refractivity contribution in [3.05, 3.63) is 0 Å². The van der Waals surface area contributed by atoms with Gasteiger partial charge in [0.05, 0.1) is 6.10 Å². The summed E-state index contributed by atoms with van der Waals surface area (Å²) in [6, 6.07) is -1.14. The van der Waals surface area contributed by atoms with Crippen molar-refractivity contribution < 1.29 is 15.0 Å². The van der Waals surface area contributed by atoms with Crippen molar-refractivity contribution in [2.75, 3.05) is 0 Å². The minimum absolute atomic E-state index is 0.438. The van der Waals surface area contributed by atoms with Gasteiger partial charge in [-0.1, -0.05) is 13.3 Å². The molecule has 0 aromatic carbocycles. The largest absolute Gasteiger partial charge is 0.480 e. The summed E-state index contributed by atoms with van der Waals surface area (Å²) in [7, 11) is 0. The van der Waals surface area contributed by atoms with Gasteiger partial charge in [0, 0.05) is 0 Å². The normalized spacial score (nSPS) is 16.3. The number of carboxylic acid groups (broad SMARTS) is 1. The third-order valence-electron chi connectivity index (χ3n) is 1.28. The van der Waals surface area contributed by atoms with Gasteiger partial charge in [-0.15, -0.1) is 0 Å². The van der Waals surface area contributed by atoms with E-state index >= 15 is 0 Å². The number of carbonyl (C=O) groups is 1. The molecule has 0 bridgehead atoms. The van der Waals surface area contributed by atoms with Crippen LogP contribution < -0.4 is 5.73 Å². The first-order chi connectivity index (χ1) is 4.59. The van der Waals surface area contributed by atoms with Crippen LogP contribution in [0.5, 0.6) is 0 Å². The van der Waals surface area contributed by atoms with Crippen molar-refractivity contribution in [1.82, 2.24) is 0 Å². The third-order valence-corrected chi connectivity index (χ3v) is 1.28. The minimum Gasteiger partial charge on any atom is -0.480 e. The molecule has 60 valence electrons. The lowest BCUT2D eigenvalue weighted by molar-refractivity contribution is -0.141. The van der Waals surface area contributed by atoms with Crippen LogP contribution >= 0.6 is 0 Å². The maximum Gasteiger partial charge on any atom is 0.323 e. The standard InChI is InChI=1S/C6H13NO3/c1-2-3-4(8)5(7)6(9)10/h4-5,8H,2-3,7H2,1H3,(H,9,10)/t4-,5+/m0/s1. The van der Waals surface area contributed by atoms with Crippen molar-refractivity contribution in [3.8, 4) is 0 Å². The molecule has 0 aromatic rings. The Kier molecular flexibility index (Phi) is 3.99. The summed E-state index contributed by atoms with van der Waals surface area (Å²) in [6.07, 6.45) is 0.262. The van der Waals surface area contributed by atoms with Crippen LogP contribution in [-0.4, -0.2) is 28.3 Å². The van der Waals surface area contributed by atoms with Crippen LogP contribution in [0.15, 0.2) is 0 Å². The fourth-order valence-electron chi connectivity index (χ4n) is 0.640. The molecule has 4 nitrogen and oxygen atoms in total. The Morgan fingerprint density at radius 3 is 2.50 bits per heavy atom. The number of rotatable bonds is 4. The van der Waals surface area contributed by atoms with Crippen LogP contribution in [0.25, 0.3) is 0 Å². The Morgan fingerprint density at radius 1 is 1.70 bits per heavy atom. The highest BCUT2D eigenvalue weighted by Crippen LogP contribution is 1.99. The van der Waals surface area contributed by atoms with Crippen LogP contribution in [0.3, 0.4) is 0 Å². The van der Waals surface area contributed by atoms with E-state index in [0.29, 0.717) is 6.42 Å². The van der Waals surface area contributed by atoms with Crippen molar-refractivity contribution in [2.45, 2.75) is 31.9 Å². The van der Waals surface area contributed by atoms with E-state index in [1.807, 2.05) is 6.92 Å². The smallest absolute Gasteiger partial charge is 0.323 e. The zero-order valence-corrected chi connectivity index (χ0v) is 5.95. The second-order valence-electron chi connectivity index (χ2n) is 2.22. The van der Waals surface area contributed by atoms with E-state index in [-0.39, 0.29) is 0 Å². The molecule has 0 saturated heterocycles. The van der Waals surface area contributed by atoms with E-state index in [9.17, 15) is 4.79 Å². The van der Waals surface area contributed by atoms with E-state index < -0.39 is 18.1 Å². The van der Waals surface area contributed by atoms with Gasteiger partial charge in [-0.3, -0.25) is 4.79 Å². The third kappa shape index (κ3) is 2.80. The van der Waals surface area contributed by atoms with Crippen molar-refractivity contribution in [3.63, 3.8) is 0 Å². The average molecular weight is 147 g/mol. The van der Waals surface area contributed by atoms with Crippen LogP contribution in [-0.2, 0) is 4.79 Å². The molecule has 4 N–H and O–H groups in total. The highest BCUT2D eigenvalue weighted by atomic mass is 16.4. The summed E-state index contributed by atoms with van der Waals surface area (Å²) >= 11 is 0. The van der Waals surface area contributed by atoms with Crippen molar-refractivity contribution >= 4 is 5.97 Å². The molecule has 0 aliphatic heterocycles. The zero-order chi connectivity index (χ0) is 8.15. The number of nitrogens with two attached hydrogens (primary N) is 1. The van der Waals surface area contributed by atoms with E-state index in [0.717, 1.165) is 6.42 Å². The molecule has 0 spiro atoms. The molecule has 0 radical (unpaired) electrons. The van der Waals surface area contributed by atoms with Gasteiger partial charge in [0.25, 0.3) is 0 Å². The number of hydrogen-bond donors (Lipinski definition) is 3. The number of aliphatic hydroxyl groups excluding tert-OH is 1. The monoisotopic (exact) mass is 147 g/mol. The molecule has 0 aliphatic carbocycles. The number of hydrogen-bond acceptors (Lipinski definition) is 3. The quantitative estimate of drug-likeness (QED) is 0.503. The topological polar surface area (TPSA) is 83.5 Å². The molecule has 0 heterocycles. The highest BCUT2D eigenvalue weighted by Gasteiger charge is 2.20. The van der Waals surface area contributed by atoms with Gasteiger partial charge < -0.3 is 15.9 Å². The molecule has 0 aliphatic rings. The van der Waals surface area contributed by atoms with E-state index in [1.165, 1.54) is 0 Å². The lowest BCUT2D eigenvalue weighted by atomic mass is 10.1. The van der Waals surface area contributed by atoms with Crippen molar-refractivity contribution in [2.24, 2.45) is 5.73 Å². The van der Waals surface area contributed by atoms with Crippen LogP contribution in [0, 0.1) is 0 Å². The highest BCUT2D eigenvalue weighted by molar-refractivity contribution is 5.73. The fourth-order valence-corrected chi connectivity index (χ4v) is 0.640. The van der Waals surface area contributed by atoms with Gasteiger partial charge in [0.1, 0.15) is 6.04 Å². The van der Waals surface area contributed by atoms with Crippen LogP contribution in [0.4, 0.5) is 0 Å². The summed E-state index contributed by atoms with van der Waals surface area (Å²) in [6.45, 7) is 1.86. The molecule has 4 heteroatoms. The molecule has 0 rings (SSSR count). The molecule has 0 saturated carbocycles. The second-order valence-corrected chi connectivity index (χ2v) is 2.22. The SMILES string of the molecule is CCC[C@H](O)[C@@H](N)C(=O)O. The lowest BCUT2D eigenvalue weighted by Gasteiger charge is -2.12. The Bertz CT molecular complexity index is 116. The summed E-state index contributed by atoms with van der Waals surface area (Å²) in [5.74, 6) is -1.15. The molecule has 10 heavy (non-hydrogen) atoms. The Labute approximate surface area is 59.7 Å². The number of aliphatic hydroxyl groups is 1. The van der Waals surface area contributed by atoms with Gasteiger partial charge in [0.15, 0.2) is 0 Å². The van der Waals surface area contributed by atoms with Gasteiger partial charge in [-0.2, -0.15) is 0 Å². The Morgan fingerprint density at radius 2 is 2.20 bits per heavy atom. The van der Waals surface area contributed by atoms with Gasteiger partial charge in [-0.25, -0.2) is 0 Å². The maximum atomic E-state index is 10.1. The minimum atomic E-state index is -1.15. The predicted molar refractivity (Wildman–Crippen MR) is 36.5 cm³/mol. The first-order valence-corrected chi connectivity index (χ1v) is 3.26. The average Bonchev–Trinajstić information content (AvgIpc) is 1.87.